The SMILES string of the molecule is NCCCCC(NC(=O)CNC(=O)C(N)CO)C(=O)NC(CO)C(=O)O. The molecule has 0 bridgehead atoms. The van der Waals surface area contributed by atoms with Crippen LogP contribution in [0.5, 0.6) is 0 Å². The zero-order valence-electron chi connectivity index (χ0n) is 14.3. The predicted molar refractivity (Wildman–Crippen MR) is 89.6 cm³/mol. The molecule has 0 fully saturated rings. The number of aliphatic hydroxyl groups is 2. The first kappa shape index (κ1) is 23.7. The van der Waals surface area contributed by atoms with E-state index in [0.29, 0.717) is 19.4 Å². The average molecular weight is 377 g/mol. The quantitative estimate of drug-likeness (QED) is 0.145. The van der Waals surface area contributed by atoms with Crippen LogP contribution in [0, 0.1) is 0 Å². The number of carbonyl (C=O) groups excluding carboxylic acids is 3. The lowest BCUT2D eigenvalue weighted by Crippen LogP contribution is -2.54. The highest BCUT2D eigenvalue weighted by Crippen LogP contribution is 2.02. The van der Waals surface area contributed by atoms with Gasteiger partial charge in [0, 0.05) is 0 Å². The van der Waals surface area contributed by atoms with Crippen molar-refractivity contribution in [1.82, 2.24) is 16.0 Å². The van der Waals surface area contributed by atoms with Crippen LogP contribution in [-0.4, -0.2) is 83.4 Å². The zero-order valence-corrected chi connectivity index (χ0v) is 14.3. The van der Waals surface area contributed by atoms with Gasteiger partial charge in [-0.2, -0.15) is 0 Å². The number of aliphatic hydroxyl groups excluding tert-OH is 2. The third-order valence-corrected chi connectivity index (χ3v) is 3.35. The first-order valence-corrected chi connectivity index (χ1v) is 8.04. The average Bonchev–Trinajstić information content (AvgIpc) is 2.62. The number of amides is 3. The van der Waals surface area contributed by atoms with Crippen LogP contribution in [0.15, 0.2) is 0 Å². The molecule has 0 aromatic heterocycles. The second-order valence-corrected chi connectivity index (χ2v) is 5.49. The fourth-order valence-electron chi connectivity index (χ4n) is 1.85. The molecule has 0 radical (unpaired) electrons. The molecule has 0 aliphatic rings. The van der Waals surface area contributed by atoms with Crippen LogP contribution in [0.1, 0.15) is 19.3 Å². The molecule has 0 rings (SSSR count). The van der Waals surface area contributed by atoms with Gasteiger partial charge in [0.1, 0.15) is 18.1 Å². The first-order valence-electron chi connectivity index (χ1n) is 8.04. The van der Waals surface area contributed by atoms with Crippen molar-refractivity contribution in [2.24, 2.45) is 11.5 Å². The summed E-state index contributed by atoms with van der Waals surface area (Å²) < 4.78 is 0. The van der Waals surface area contributed by atoms with Gasteiger partial charge in [-0.05, 0) is 25.8 Å². The Labute approximate surface area is 150 Å². The molecule has 0 saturated heterocycles. The second kappa shape index (κ2) is 13.0. The Balaban J connectivity index is 4.75. The van der Waals surface area contributed by atoms with Crippen LogP contribution in [-0.2, 0) is 19.2 Å². The molecule has 12 nitrogen and oxygen atoms in total. The number of carbonyl (C=O) groups is 4. The Morgan fingerprint density at radius 1 is 0.923 bits per heavy atom. The van der Waals surface area contributed by atoms with Crippen LogP contribution >= 0.6 is 0 Å². The van der Waals surface area contributed by atoms with Crippen LogP contribution in [0.25, 0.3) is 0 Å². The van der Waals surface area contributed by atoms with Crippen molar-refractivity contribution < 1.29 is 34.5 Å². The molecule has 150 valence electrons. The summed E-state index contributed by atoms with van der Waals surface area (Å²) in [5.74, 6) is -3.64. The summed E-state index contributed by atoms with van der Waals surface area (Å²) in [4.78, 5) is 46.4. The molecular formula is C14H27N5O7. The van der Waals surface area contributed by atoms with E-state index in [0.717, 1.165) is 0 Å². The Kier molecular flexibility index (Phi) is 11.9. The predicted octanol–water partition coefficient (Wildman–Crippen LogP) is -4.40. The van der Waals surface area contributed by atoms with Crippen molar-refractivity contribution in [3.05, 3.63) is 0 Å². The number of hydrogen-bond acceptors (Lipinski definition) is 8. The van der Waals surface area contributed by atoms with Crippen molar-refractivity contribution in [2.75, 3.05) is 26.3 Å². The van der Waals surface area contributed by atoms with Crippen molar-refractivity contribution in [2.45, 2.75) is 37.4 Å². The molecule has 0 aliphatic carbocycles. The fraction of sp³-hybridized carbons (Fsp3) is 0.714. The third-order valence-electron chi connectivity index (χ3n) is 3.35. The summed E-state index contributed by atoms with van der Waals surface area (Å²) in [6, 6.07) is -3.74. The van der Waals surface area contributed by atoms with Gasteiger partial charge in [-0.3, -0.25) is 14.4 Å². The maximum absolute atomic E-state index is 12.2. The van der Waals surface area contributed by atoms with Gasteiger partial charge >= 0.3 is 5.97 Å². The molecule has 0 aromatic carbocycles. The zero-order chi connectivity index (χ0) is 20.1. The minimum atomic E-state index is -1.50. The van der Waals surface area contributed by atoms with Gasteiger partial charge in [0.25, 0.3) is 0 Å². The molecular weight excluding hydrogens is 350 g/mol. The fourth-order valence-corrected chi connectivity index (χ4v) is 1.85. The van der Waals surface area contributed by atoms with Gasteiger partial charge in [0.15, 0.2) is 0 Å². The summed E-state index contributed by atoms with van der Waals surface area (Å²) in [6.07, 6.45) is 1.27. The summed E-state index contributed by atoms with van der Waals surface area (Å²) in [5, 5.41) is 33.3. The highest BCUT2D eigenvalue weighted by atomic mass is 16.4. The first-order chi connectivity index (χ1) is 12.3. The molecule has 3 atom stereocenters. The number of rotatable bonds is 13. The lowest BCUT2D eigenvalue weighted by atomic mass is 10.1. The minimum Gasteiger partial charge on any atom is -0.480 e. The largest absolute Gasteiger partial charge is 0.480 e. The number of carboxylic acids is 1. The van der Waals surface area contributed by atoms with Gasteiger partial charge in [0.2, 0.25) is 17.7 Å². The second-order valence-electron chi connectivity index (χ2n) is 5.49. The number of nitrogens with one attached hydrogen (secondary N) is 3. The summed E-state index contributed by atoms with van der Waals surface area (Å²) in [6.45, 7) is -1.49. The third kappa shape index (κ3) is 9.27. The lowest BCUT2D eigenvalue weighted by molar-refractivity contribution is -0.143. The molecule has 12 heteroatoms. The van der Waals surface area contributed by atoms with Crippen LogP contribution in [0.3, 0.4) is 0 Å². The van der Waals surface area contributed by atoms with Crippen molar-refractivity contribution in [3.8, 4) is 0 Å². The number of hydrogen-bond donors (Lipinski definition) is 8. The van der Waals surface area contributed by atoms with Gasteiger partial charge in [0.05, 0.1) is 19.8 Å². The smallest absolute Gasteiger partial charge is 0.328 e. The van der Waals surface area contributed by atoms with Gasteiger partial charge in [-0.25, -0.2) is 4.79 Å². The normalized spacial score (nSPS) is 14.0. The molecule has 0 heterocycles. The van der Waals surface area contributed by atoms with Crippen LogP contribution in [0.4, 0.5) is 0 Å². The van der Waals surface area contributed by atoms with E-state index in [1.165, 1.54) is 0 Å². The lowest BCUT2D eigenvalue weighted by Gasteiger charge is -2.21. The van der Waals surface area contributed by atoms with Crippen molar-refractivity contribution in [1.29, 1.82) is 0 Å². The van der Waals surface area contributed by atoms with Crippen molar-refractivity contribution in [3.63, 3.8) is 0 Å². The molecule has 0 spiro atoms. The van der Waals surface area contributed by atoms with E-state index in [-0.39, 0.29) is 6.42 Å². The minimum absolute atomic E-state index is 0.191. The van der Waals surface area contributed by atoms with E-state index in [1.807, 2.05) is 0 Å². The Bertz CT molecular complexity index is 488. The van der Waals surface area contributed by atoms with E-state index in [2.05, 4.69) is 16.0 Å². The number of carboxylic acid groups (broad SMARTS) is 1. The number of aliphatic carboxylic acids is 1. The Morgan fingerprint density at radius 2 is 1.58 bits per heavy atom. The van der Waals surface area contributed by atoms with E-state index >= 15 is 0 Å². The number of unbranched alkanes of at least 4 members (excludes halogenated alkanes) is 1. The maximum Gasteiger partial charge on any atom is 0.328 e. The van der Waals surface area contributed by atoms with E-state index in [9.17, 15) is 19.2 Å². The van der Waals surface area contributed by atoms with Crippen LogP contribution < -0.4 is 27.4 Å². The summed E-state index contributed by atoms with van der Waals surface area (Å²) in [5.41, 5.74) is 10.7. The standard InChI is InChI=1S/C14H27N5O7/c15-4-2-1-3-9(13(24)19-10(7-21)14(25)26)18-11(22)5-17-12(23)8(16)6-20/h8-10,20-21H,1-7,15-16H2,(H,17,23)(H,18,22)(H,19,24)(H,25,26). The van der Waals surface area contributed by atoms with Gasteiger partial charge in [-0.15, -0.1) is 0 Å². The topological polar surface area (TPSA) is 217 Å². The van der Waals surface area contributed by atoms with E-state index in [1.54, 1.807) is 0 Å². The molecule has 26 heavy (non-hydrogen) atoms. The van der Waals surface area contributed by atoms with Gasteiger partial charge < -0.3 is 42.7 Å². The Morgan fingerprint density at radius 3 is 2.08 bits per heavy atom. The monoisotopic (exact) mass is 377 g/mol. The molecule has 3 amide bonds. The van der Waals surface area contributed by atoms with Gasteiger partial charge in [-0.1, -0.05) is 0 Å². The summed E-state index contributed by atoms with van der Waals surface area (Å²) in [7, 11) is 0. The van der Waals surface area contributed by atoms with E-state index < -0.39 is 61.6 Å². The highest BCUT2D eigenvalue weighted by Gasteiger charge is 2.26. The van der Waals surface area contributed by atoms with E-state index in [4.69, 9.17) is 26.8 Å². The summed E-state index contributed by atoms with van der Waals surface area (Å²) >= 11 is 0. The van der Waals surface area contributed by atoms with Crippen LogP contribution in [0.2, 0.25) is 0 Å². The number of nitrogens with two attached hydrogens (primary N) is 2. The van der Waals surface area contributed by atoms with Crippen molar-refractivity contribution >= 4 is 23.7 Å². The molecule has 0 saturated carbocycles. The highest BCUT2D eigenvalue weighted by molar-refractivity contribution is 5.92. The molecule has 0 aliphatic heterocycles. The molecule has 0 aromatic rings. The molecule has 10 N–H and O–H groups in total. The molecule has 3 unspecified atom stereocenters. The maximum atomic E-state index is 12.2. The Hall–Kier alpha value is -2.28.